The van der Waals surface area contributed by atoms with Crippen molar-refractivity contribution in [3.63, 3.8) is 0 Å². The number of carbonyl (C=O) groups is 2. The molecule has 0 saturated carbocycles. The topological polar surface area (TPSA) is 61.9 Å². The number of alkyl carbamates (subject to hydrolysis) is 1. The monoisotopic (exact) mass is 409 g/mol. The summed E-state index contributed by atoms with van der Waals surface area (Å²) < 4.78 is 33.4. The molecule has 0 spiro atoms. The average Bonchev–Trinajstić information content (AvgIpc) is 2.98. The van der Waals surface area contributed by atoms with Gasteiger partial charge in [-0.15, -0.1) is 0 Å². The molecule has 0 aromatic heterocycles. The Morgan fingerprint density at radius 3 is 2.59 bits per heavy atom. The van der Waals surface area contributed by atoms with Crippen molar-refractivity contribution in [3.05, 3.63) is 35.9 Å². The van der Waals surface area contributed by atoms with E-state index in [1.54, 1.807) is 20.8 Å². The molecule has 160 valence electrons. The quantitative estimate of drug-likeness (QED) is 0.831. The molecular formula is C21H29F2N3O3. The Morgan fingerprint density at radius 2 is 1.93 bits per heavy atom. The summed E-state index contributed by atoms with van der Waals surface area (Å²) in [6, 6.07) is 8.78. The van der Waals surface area contributed by atoms with Gasteiger partial charge >= 0.3 is 6.09 Å². The molecule has 6 nitrogen and oxygen atoms in total. The van der Waals surface area contributed by atoms with Crippen LogP contribution < -0.4 is 5.32 Å². The second-order valence-corrected chi connectivity index (χ2v) is 8.88. The van der Waals surface area contributed by atoms with Gasteiger partial charge in [-0.2, -0.15) is 0 Å². The fourth-order valence-corrected chi connectivity index (χ4v) is 3.91. The van der Waals surface area contributed by atoms with Gasteiger partial charge in [-0.05, 0) is 26.3 Å². The van der Waals surface area contributed by atoms with Crippen LogP contribution in [-0.4, -0.2) is 65.0 Å². The van der Waals surface area contributed by atoms with Crippen molar-refractivity contribution in [2.24, 2.45) is 0 Å². The zero-order valence-corrected chi connectivity index (χ0v) is 17.2. The third-order valence-corrected chi connectivity index (χ3v) is 5.14. The summed E-state index contributed by atoms with van der Waals surface area (Å²) in [4.78, 5) is 28.1. The smallest absolute Gasteiger partial charge is 0.407 e. The van der Waals surface area contributed by atoms with Crippen LogP contribution in [0.3, 0.4) is 0 Å². The maximum absolute atomic E-state index is 14.0. The molecule has 0 aliphatic carbocycles. The van der Waals surface area contributed by atoms with Gasteiger partial charge in [-0.3, -0.25) is 9.69 Å². The molecule has 2 fully saturated rings. The van der Waals surface area contributed by atoms with Crippen LogP contribution in [0.25, 0.3) is 0 Å². The minimum Gasteiger partial charge on any atom is -0.444 e. The van der Waals surface area contributed by atoms with E-state index in [1.807, 2.05) is 30.3 Å². The fraction of sp³-hybridized carbons (Fsp3) is 0.619. The molecule has 3 rings (SSSR count). The highest BCUT2D eigenvalue weighted by Crippen LogP contribution is 2.31. The molecule has 2 atom stereocenters. The first-order valence-electron chi connectivity index (χ1n) is 9.95. The molecule has 0 radical (unpaired) electrons. The number of amides is 2. The van der Waals surface area contributed by atoms with Crippen LogP contribution in [0.15, 0.2) is 30.3 Å². The molecule has 2 unspecified atom stereocenters. The van der Waals surface area contributed by atoms with Crippen LogP contribution in [0.5, 0.6) is 0 Å². The lowest BCUT2D eigenvalue weighted by atomic mass is 10.0. The van der Waals surface area contributed by atoms with Crippen LogP contribution in [0.2, 0.25) is 0 Å². The Balaban J connectivity index is 1.75. The molecule has 29 heavy (non-hydrogen) atoms. The van der Waals surface area contributed by atoms with Crippen molar-refractivity contribution in [2.45, 2.75) is 63.8 Å². The van der Waals surface area contributed by atoms with Gasteiger partial charge in [-0.25, -0.2) is 13.6 Å². The second kappa shape index (κ2) is 8.26. The van der Waals surface area contributed by atoms with Gasteiger partial charge in [-0.1, -0.05) is 30.3 Å². The Morgan fingerprint density at radius 1 is 1.24 bits per heavy atom. The van der Waals surface area contributed by atoms with Gasteiger partial charge in [0.1, 0.15) is 5.60 Å². The number of hydrogen-bond donors (Lipinski definition) is 1. The maximum Gasteiger partial charge on any atom is 0.407 e. The van der Waals surface area contributed by atoms with Crippen LogP contribution in [0, 0.1) is 0 Å². The van der Waals surface area contributed by atoms with Gasteiger partial charge in [0.05, 0.1) is 18.6 Å². The van der Waals surface area contributed by atoms with E-state index in [9.17, 15) is 18.4 Å². The van der Waals surface area contributed by atoms with E-state index >= 15 is 0 Å². The number of nitrogens with zero attached hydrogens (tertiary/aromatic N) is 2. The number of piperidine rings is 1. The summed E-state index contributed by atoms with van der Waals surface area (Å²) in [5.41, 5.74) is 0.412. The number of carbonyl (C=O) groups excluding carboxylic acids is 2. The first-order chi connectivity index (χ1) is 13.5. The van der Waals surface area contributed by atoms with Gasteiger partial charge in [0, 0.05) is 32.5 Å². The van der Waals surface area contributed by atoms with E-state index in [4.69, 9.17) is 4.74 Å². The fourth-order valence-electron chi connectivity index (χ4n) is 3.91. The van der Waals surface area contributed by atoms with E-state index in [0.717, 1.165) is 5.56 Å². The van der Waals surface area contributed by atoms with Crippen LogP contribution in [0.1, 0.15) is 39.2 Å². The second-order valence-electron chi connectivity index (χ2n) is 8.88. The Kier molecular flexibility index (Phi) is 6.12. The number of hydrogen-bond acceptors (Lipinski definition) is 4. The third kappa shape index (κ3) is 5.88. The zero-order chi connectivity index (χ0) is 21.2. The largest absolute Gasteiger partial charge is 0.444 e. The van der Waals surface area contributed by atoms with E-state index < -0.39 is 42.7 Å². The predicted molar refractivity (Wildman–Crippen MR) is 105 cm³/mol. The molecule has 2 saturated heterocycles. The molecule has 1 aromatic rings. The van der Waals surface area contributed by atoms with Crippen molar-refractivity contribution in [2.75, 3.05) is 19.6 Å². The highest BCUT2D eigenvalue weighted by atomic mass is 19.3. The van der Waals surface area contributed by atoms with Gasteiger partial charge < -0.3 is 15.0 Å². The molecule has 2 aliphatic heterocycles. The molecule has 2 amide bonds. The number of rotatable bonds is 4. The number of nitrogens with one attached hydrogen (secondary N) is 1. The lowest BCUT2D eigenvalue weighted by molar-refractivity contribution is -0.151. The third-order valence-electron chi connectivity index (χ3n) is 5.14. The average molecular weight is 409 g/mol. The maximum atomic E-state index is 14.0. The highest BCUT2D eigenvalue weighted by molar-refractivity contribution is 5.78. The number of alkyl halides is 2. The standard InChI is InChI=1S/C21H29F2N3O3/c1-20(2,3)29-19(28)24-16-12-25(11-15-7-5-4-6-8-15)13-17(16)26-14-21(22,23)10-9-18(26)27/h4-8,16-17H,9-14H2,1-3H3,(H,24,28). The molecule has 1 N–H and O–H groups in total. The number of ether oxygens (including phenoxy) is 1. The predicted octanol–water partition coefficient (Wildman–Crippen LogP) is 3.02. The van der Waals surface area contributed by atoms with Gasteiger partial charge in [0.15, 0.2) is 0 Å². The van der Waals surface area contributed by atoms with Crippen LogP contribution in [-0.2, 0) is 16.1 Å². The first kappa shape index (κ1) is 21.5. The Hall–Kier alpha value is -2.22. The summed E-state index contributed by atoms with van der Waals surface area (Å²) in [6.45, 7) is 6.15. The molecule has 8 heteroatoms. The molecule has 1 aromatic carbocycles. The Labute approximate surface area is 170 Å². The van der Waals surface area contributed by atoms with Crippen LogP contribution in [0.4, 0.5) is 13.6 Å². The molecular weight excluding hydrogens is 380 g/mol. The van der Waals surface area contributed by atoms with Gasteiger partial charge in [0.2, 0.25) is 5.91 Å². The summed E-state index contributed by atoms with van der Waals surface area (Å²) >= 11 is 0. The lowest BCUT2D eigenvalue weighted by Gasteiger charge is -2.38. The first-order valence-corrected chi connectivity index (χ1v) is 9.95. The summed E-state index contributed by atoms with van der Waals surface area (Å²) in [5.74, 6) is -3.20. The van der Waals surface area contributed by atoms with Crippen molar-refractivity contribution >= 4 is 12.0 Å². The molecule has 2 aliphatic rings. The summed E-state index contributed by atoms with van der Waals surface area (Å²) in [6.07, 6.45) is -1.21. The number of halogens is 2. The lowest BCUT2D eigenvalue weighted by Crippen LogP contribution is -2.58. The van der Waals surface area contributed by atoms with E-state index in [2.05, 4.69) is 10.2 Å². The number of likely N-dealkylation sites (tertiary alicyclic amines) is 2. The highest BCUT2D eigenvalue weighted by Gasteiger charge is 2.46. The summed E-state index contributed by atoms with van der Waals surface area (Å²) in [5, 5.41) is 2.80. The Bertz CT molecular complexity index is 736. The summed E-state index contributed by atoms with van der Waals surface area (Å²) in [7, 11) is 0. The van der Waals surface area contributed by atoms with Crippen molar-refractivity contribution in [1.82, 2.24) is 15.1 Å². The SMILES string of the molecule is CC(C)(C)OC(=O)NC1CN(Cc2ccccc2)CC1N1CC(F)(F)CCC1=O. The van der Waals surface area contributed by atoms with E-state index in [0.29, 0.717) is 19.6 Å². The minimum atomic E-state index is -2.91. The molecule has 0 bridgehead atoms. The minimum absolute atomic E-state index is 0.179. The van der Waals surface area contributed by atoms with Gasteiger partial charge in [0.25, 0.3) is 5.92 Å². The molecule has 2 heterocycles. The van der Waals surface area contributed by atoms with Crippen molar-refractivity contribution < 1.29 is 23.1 Å². The van der Waals surface area contributed by atoms with Crippen molar-refractivity contribution in [1.29, 1.82) is 0 Å². The van der Waals surface area contributed by atoms with Crippen molar-refractivity contribution in [3.8, 4) is 0 Å². The van der Waals surface area contributed by atoms with E-state index in [-0.39, 0.29) is 12.3 Å². The number of benzene rings is 1. The normalized spacial score (nSPS) is 25.1. The van der Waals surface area contributed by atoms with Crippen LogP contribution >= 0.6 is 0 Å². The van der Waals surface area contributed by atoms with E-state index in [1.165, 1.54) is 4.90 Å². The zero-order valence-electron chi connectivity index (χ0n) is 17.2.